The van der Waals surface area contributed by atoms with Gasteiger partial charge in [0.25, 0.3) is 5.56 Å². The van der Waals surface area contributed by atoms with Gasteiger partial charge in [-0.05, 0) is 49.7 Å². The Morgan fingerprint density at radius 2 is 1.85 bits per heavy atom. The number of ether oxygens (including phenoxy) is 2. The van der Waals surface area contributed by atoms with Crippen molar-refractivity contribution in [2.24, 2.45) is 4.99 Å². The zero-order valence-electron chi connectivity index (χ0n) is 21.3. The molecular weight excluding hydrogens is 540 g/mol. The van der Waals surface area contributed by atoms with Crippen molar-refractivity contribution in [1.82, 2.24) is 4.57 Å². The quantitative estimate of drug-likeness (QED) is 0.321. The van der Waals surface area contributed by atoms with Crippen LogP contribution >= 0.6 is 22.9 Å². The number of aromatic nitrogens is 1. The van der Waals surface area contributed by atoms with E-state index in [-0.39, 0.29) is 17.7 Å². The van der Waals surface area contributed by atoms with Crippen LogP contribution in [0.5, 0.6) is 0 Å². The van der Waals surface area contributed by atoms with Crippen LogP contribution in [-0.4, -0.2) is 30.2 Å². The fourth-order valence-corrected chi connectivity index (χ4v) is 5.59. The number of benzene rings is 2. The summed E-state index contributed by atoms with van der Waals surface area (Å²) in [5.41, 5.74) is 2.07. The molecule has 3 heterocycles. The maximum absolute atomic E-state index is 13.7. The largest absolute Gasteiger partial charge is 0.465 e. The Kier molecular flexibility index (Phi) is 7.36. The molecule has 198 valence electrons. The number of nitrogens with zero attached hydrogens (tertiary/aromatic N) is 2. The van der Waals surface area contributed by atoms with Gasteiger partial charge in [-0.3, -0.25) is 9.36 Å². The molecule has 0 unspecified atom stereocenters. The Labute approximate surface area is 232 Å². The molecule has 10 heteroatoms. The predicted octanol–water partition coefficient (Wildman–Crippen LogP) is 4.50. The Morgan fingerprint density at radius 1 is 1.10 bits per heavy atom. The van der Waals surface area contributed by atoms with E-state index in [9.17, 15) is 14.4 Å². The highest BCUT2D eigenvalue weighted by Crippen LogP contribution is 2.31. The van der Waals surface area contributed by atoms with E-state index in [1.165, 1.54) is 23.0 Å². The zero-order valence-corrected chi connectivity index (χ0v) is 22.8. The number of furan rings is 1. The summed E-state index contributed by atoms with van der Waals surface area (Å²) in [5, 5.41) is 0.534. The molecule has 0 aliphatic carbocycles. The maximum Gasteiger partial charge on any atom is 0.338 e. The molecule has 0 saturated heterocycles. The maximum atomic E-state index is 13.7. The smallest absolute Gasteiger partial charge is 0.338 e. The molecule has 39 heavy (non-hydrogen) atoms. The molecule has 1 atom stereocenters. The van der Waals surface area contributed by atoms with Crippen molar-refractivity contribution in [2.45, 2.75) is 19.9 Å². The van der Waals surface area contributed by atoms with E-state index < -0.39 is 18.0 Å². The molecule has 4 aromatic rings. The standard InChI is InChI=1S/C29H23ClN2O6S/c1-4-37-28(35)24-16(2)31-29-32(25(24)17-9-11-18(30)12-10-17)26(33)23(39-29)15-19-13-14-22(38-19)20-7-5-6-8-21(20)27(34)36-3/h5-15,25H,4H2,1-3H3/b23-15+/t25-/m1/s1. The van der Waals surface area contributed by atoms with Crippen LogP contribution in [0.4, 0.5) is 0 Å². The SMILES string of the molecule is CCOC(=O)C1=C(C)N=c2s/c(=C/c3ccc(-c4ccccc4C(=O)OC)o3)c(=O)n2[C@@H]1c1ccc(Cl)cc1. The Balaban J connectivity index is 1.62. The molecule has 0 saturated carbocycles. The number of rotatable bonds is 6. The summed E-state index contributed by atoms with van der Waals surface area (Å²) in [5.74, 6) is -0.145. The number of fused-ring (bicyclic) bond motifs is 1. The molecule has 0 radical (unpaired) electrons. The first-order chi connectivity index (χ1) is 18.8. The first-order valence-corrected chi connectivity index (χ1v) is 13.2. The van der Waals surface area contributed by atoms with E-state index in [2.05, 4.69) is 4.99 Å². The van der Waals surface area contributed by atoms with Crippen LogP contribution in [0.3, 0.4) is 0 Å². The van der Waals surface area contributed by atoms with Crippen molar-refractivity contribution in [1.29, 1.82) is 0 Å². The summed E-state index contributed by atoms with van der Waals surface area (Å²) in [4.78, 5) is 43.9. The van der Waals surface area contributed by atoms with E-state index in [1.54, 1.807) is 80.6 Å². The van der Waals surface area contributed by atoms with Gasteiger partial charge in [-0.25, -0.2) is 14.6 Å². The highest BCUT2D eigenvalue weighted by atomic mass is 35.5. The molecule has 0 spiro atoms. The van der Waals surface area contributed by atoms with Gasteiger partial charge < -0.3 is 13.9 Å². The number of allylic oxidation sites excluding steroid dienone is 1. The number of hydrogen-bond donors (Lipinski definition) is 0. The lowest BCUT2D eigenvalue weighted by molar-refractivity contribution is -0.139. The lowest BCUT2D eigenvalue weighted by Gasteiger charge is -2.24. The Bertz CT molecular complexity index is 1800. The van der Waals surface area contributed by atoms with Crippen LogP contribution in [0, 0.1) is 0 Å². The van der Waals surface area contributed by atoms with Crippen molar-refractivity contribution in [3.63, 3.8) is 0 Å². The van der Waals surface area contributed by atoms with E-state index in [1.807, 2.05) is 0 Å². The second-order valence-corrected chi connectivity index (χ2v) is 10.0. The minimum absolute atomic E-state index is 0.188. The first kappa shape index (κ1) is 26.4. The molecule has 1 aliphatic rings. The van der Waals surface area contributed by atoms with Crippen LogP contribution in [-0.2, 0) is 14.3 Å². The molecule has 1 aliphatic heterocycles. The number of halogens is 1. The topological polar surface area (TPSA) is 100 Å². The van der Waals surface area contributed by atoms with Crippen molar-refractivity contribution in [2.75, 3.05) is 13.7 Å². The third-order valence-electron chi connectivity index (χ3n) is 6.20. The Morgan fingerprint density at radius 3 is 2.56 bits per heavy atom. The van der Waals surface area contributed by atoms with E-state index in [0.717, 1.165) is 0 Å². The summed E-state index contributed by atoms with van der Waals surface area (Å²) in [6.07, 6.45) is 1.62. The number of carbonyl (C=O) groups is 2. The van der Waals surface area contributed by atoms with Gasteiger partial charge in [-0.2, -0.15) is 0 Å². The van der Waals surface area contributed by atoms with Crippen molar-refractivity contribution in [3.8, 4) is 11.3 Å². The fraction of sp³-hybridized carbons (Fsp3) is 0.172. The zero-order chi connectivity index (χ0) is 27.7. The number of carbonyl (C=O) groups excluding carboxylic acids is 2. The van der Waals surface area contributed by atoms with Crippen molar-refractivity contribution in [3.05, 3.63) is 114 Å². The average molecular weight is 563 g/mol. The minimum atomic E-state index is -0.737. The molecule has 5 rings (SSSR count). The molecule has 0 amide bonds. The normalized spacial score (nSPS) is 15.1. The van der Waals surface area contributed by atoms with Gasteiger partial charge >= 0.3 is 11.9 Å². The van der Waals surface area contributed by atoms with Crippen molar-refractivity contribution < 1.29 is 23.5 Å². The van der Waals surface area contributed by atoms with Gasteiger partial charge in [0.2, 0.25) is 0 Å². The van der Waals surface area contributed by atoms with Crippen LogP contribution < -0.4 is 14.9 Å². The highest BCUT2D eigenvalue weighted by molar-refractivity contribution is 7.07. The second kappa shape index (κ2) is 10.9. The number of thiazole rings is 1. The average Bonchev–Trinajstić information content (AvgIpc) is 3.52. The van der Waals surface area contributed by atoms with E-state index in [0.29, 0.717) is 48.3 Å². The van der Waals surface area contributed by atoms with Crippen LogP contribution in [0.2, 0.25) is 5.02 Å². The van der Waals surface area contributed by atoms with E-state index >= 15 is 0 Å². The Hall–Kier alpha value is -4.21. The van der Waals surface area contributed by atoms with Crippen molar-refractivity contribution >= 4 is 41.0 Å². The molecule has 0 fully saturated rings. The first-order valence-electron chi connectivity index (χ1n) is 12.0. The van der Waals surface area contributed by atoms with Crippen LogP contribution in [0.15, 0.2) is 86.1 Å². The number of esters is 2. The van der Waals surface area contributed by atoms with Gasteiger partial charge in [0.05, 0.1) is 41.1 Å². The summed E-state index contributed by atoms with van der Waals surface area (Å²) < 4.78 is 18.1. The van der Waals surface area contributed by atoms with Gasteiger partial charge in [0.15, 0.2) is 4.80 Å². The summed E-state index contributed by atoms with van der Waals surface area (Å²) in [7, 11) is 1.32. The number of hydrogen-bond acceptors (Lipinski definition) is 8. The highest BCUT2D eigenvalue weighted by Gasteiger charge is 2.33. The molecule has 0 bridgehead atoms. The van der Waals surface area contributed by atoms with Crippen LogP contribution in [0.25, 0.3) is 17.4 Å². The molecule has 8 nitrogen and oxygen atoms in total. The summed E-state index contributed by atoms with van der Waals surface area (Å²) in [6, 6.07) is 16.6. The van der Waals surface area contributed by atoms with E-state index in [4.69, 9.17) is 25.5 Å². The number of methoxy groups -OCH3 is 1. The third kappa shape index (κ3) is 4.98. The molecule has 2 aromatic carbocycles. The lowest BCUT2D eigenvalue weighted by atomic mass is 9.96. The fourth-order valence-electron chi connectivity index (χ4n) is 4.44. The molecule has 0 N–H and O–H groups in total. The monoisotopic (exact) mass is 562 g/mol. The van der Waals surface area contributed by atoms with Gasteiger partial charge in [-0.1, -0.05) is 53.3 Å². The summed E-state index contributed by atoms with van der Waals surface area (Å²) >= 11 is 7.29. The van der Waals surface area contributed by atoms with Gasteiger partial charge in [-0.15, -0.1) is 0 Å². The predicted molar refractivity (Wildman–Crippen MR) is 147 cm³/mol. The van der Waals surface area contributed by atoms with Gasteiger partial charge in [0, 0.05) is 16.7 Å². The third-order valence-corrected chi connectivity index (χ3v) is 7.44. The molecular formula is C29H23ClN2O6S. The lowest BCUT2D eigenvalue weighted by Crippen LogP contribution is -2.39. The van der Waals surface area contributed by atoms with Crippen LogP contribution in [0.1, 0.15) is 41.6 Å². The van der Waals surface area contributed by atoms with Gasteiger partial charge in [0.1, 0.15) is 11.5 Å². The summed E-state index contributed by atoms with van der Waals surface area (Å²) in [6.45, 7) is 3.64. The second-order valence-electron chi connectivity index (χ2n) is 8.59. The molecule has 2 aromatic heterocycles. The minimum Gasteiger partial charge on any atom is -0.465 e.